The Labute approximate surface area is 832 Å². The van der Waals surface area contributed by atoms with Crippen LogP contribution in [0.25, 0.3) is 65.4 Å². The summed E-state index contributed by atoms with van der Waals surface area (Å²) in [5, 5.41) is 57.9. The molecule has 12 aromatic rings. The number of nitrogens with two attached hydrogens (primary N) is 1. The van der Waals surface area contributed by atoms with Crippen molar-refractivity contribution < 1.29 is 66.0 Å². The van der Waals surface area contributed by atoms with Crippen molar-refractivity contribution in [3.05, 3.63) is 235 Å². The third kappa shape index (κ3) is 38.7. The predicted molar refractivity (Wildman–Crippen MR) is 543 cm³/mol. The first-order valence-electron chi connectivity index (χ1n) is 34.0. The molecule has 123 heavy (non-hydrogen) atoms. The number of alkyl halides is 6. The Bertz CT molecular complexity index is 6140. The van der Waals surface area contributed by atoms with Gasteiger partial charge in [-0.2, -0.15) is 18.2 Å². The first-order valence-corrected chi connectivity index (χ1v) is 42.8. The maximum atomic E-state index is 13.1. The minimum atomic E-state index is -1.01. The Morgan fingerprint density at radius 3 is 1.19 bits per heavy atom. The number of nitro groups is 4. The number of nitrogens with one attached hydrogen (secondary N) is 6. The van der Waals surface area contributed by atoms with Gasteiger partial charge in [0, 0.05) is 121 Å². The molecule has 32 nitrogen and oxygen atoms in total. The van der Waals surface area contributed by atoms with Gasteiger partial charge in [0.15, 0.2) is 0 Å². The molecule has 43 heteroatoms. The number of rotatable bonds is 9. The van der Waals surface area contributed by atoms with Crippen molar-refractivity contribution in [2.75, 3.05) is 52.6 Å². The summed E-state index contributed by atoms with van der Waals surface area (Å²) < 4.78 is 17.5. The summed E-state index contributed by atoms with van der Waals surface area (Å²) in [4.78, 5) is 120. The first-order chi connectivity index (χ1) is 57.0. The minimum absolute atomic E-state index is 0. The Kier molecular flexibility index (Phi) is 58.2. The van der Waals surface area contributed by atoms with Crippen LogP contribution in [0.15, 0.2) is 133 Å². The average Bonchev–Trinajstić information content (AvgIpc) is 0.842. The molecule has 0 unspecified atom stereocenters. The van der Waals surface area contributed by atoms with Crippen LogP contribution in [0.2, 0.25) is 5.15 Å². The molecule has 1 amide bonds. The number of fused-ring (bicyclic) bond motifs is 6. The molecule has 0 atom stereocenters. The zero-order valence-electron chi connectivity index (χ0n) is 66.9. The van der Waals surface area contributed by atoms with Gasteiger partial charge in [-0.25, -0.2) is 49.8 Å². The molecule has 0 aliphatic carbocycles. The zero-order valence-corrected chi connectivity index (χ0v) is 85.5. The van der Waals surface area contributed by atoms with E-state index in [2.05, 4.69) is 333 Å². The van der Waals surface area contributed by atoms with E-state index < -0.39 is 42.3 Å². The van der Waals surface area contributed by atoms with E-state index in [0.29, 0.717) is 66.5 Å². The fourth-order valence-electron chi connectivity index (χ4n) is 9.22. The largest absolute Gasteiger partial charge is 0.398 e. The molecule has 6 aromatic carbocycles. The van der Waals surface area contributed by atoms with E-state index in [9.17, 15) is 59.2 Å². The van der Waals surface area contributed by atoms with Crippen LogP contribution in [-0.4, -0.2) is 112 Å². The molecule has 0 saturated heterocycles. The van der Waals surface area contributed by atoms with Gasteiger partial charge < -0.3 is 66.5 Å². The second kappa shape index (κ2) is 61.6. The van der Waals surface area contributed by atoms with E-state index in [-0.39, 0.29) is 94.5 Å². The second-order valence-electron chi connectivity index (χ2n) is 21.8. The molecule has 0 fully saturated rings. The van der Waals surface area contributed by atoms with E-state index >= 15 is 0 Å². The molecule has 0 saturated carbocycles. The van der Waals surface area contributed by atoms with Crippen LogP contribution >= 0.6 is 170 Å². The van der Waals surface area contributed by atoms with Crippen LogP contribution in [-0.2, 0) is 41.9 Å². The Morgan fingerprint density at radius 2 is 0.837 bits per heavy atom. The summed E-state index contributed by atoms with van der Waals surface area (Å²) in [6.45, 7) is 25.2. The molecule has 12 rings (SSSR count). The molecule has 8 N–H and O–H groups in total. The molecule has 0 bridgehead atoms. The molecular weight excluding hydrogens is 2480 g/mol. The number of hydrogen-bond acceptors (Lipinski definition) is 25. The van der Waals surface area contributed by atoms with Gasteiger partial charge >= 0.3 is 5.69 Å². The molecule has 644 valence electrons. The predicted octanol–water partition coefficient (Wildman–Crippen LogP) is 20.2. The number of H-pyrrole nitrogens is 2. The minimum Gasteiger partial charge on any atom is -0.398 e. The van der Waals surface area contributed by atoms with Gasteiger partial charge in [0.25, 0.3) is 28.2 Å². The number of carbonyl (C=O) groups is 1. The molecule has 0 spiro atoms. The molecule has 0 aliphatic heterocycles. The maximum absolute atomic E-state index is 13.1. The van der Waals surface area contributed by atoms with Gasteiger partial charge in [0.1, 0.15) is 64.0 Å². The number of nitrogens with zero attached hydrogens (tertiary/aromatic N) is 14. The standard InChI is InChI=1S/C15H14N4O.C12H10N4O2.C12H12N4.C11H6ClN3O2.C11H7N3O3.C8H4FN3O3.C2H3I3.C2H4I2.C2H5I.C2H4I.C2H5.CH4.2V/c1-4-6-10-7-13-11(15(16-3)18-9-17-13)8-12(10)19-14(20)5-2;1-3-4-8-5-10-9(6-11(8)16(17)18)12(13-2)15-7-14-10;1-3-4-8-5-11-9(6-10(8)13)12(14-2)16-7-15-11;1-2-3-7-4-9-8(5-10(7)15(16)17)11(12)14-6-13-9;1-2-3-7-4-9-8(5-10(7)14(16)17)11(15)13-6-12-9;9-5-2-6-4(1-7(5)12(14)15)8(13)11-3-10-6;1-2(3,4)5;1-2(3)4;2*1-2-3;1-2;;;/h5,7-9H,2H2,1,3H3,(H,19,20)(H,16,17,18);5-7H,1-2H3,(H,13,14,15);5-7H,13H2,1-2H3,(H,14,15,16);4-6H,1H3;4-6H,1H3,(H,12,13,15);1-3H,(H,10,11,13);1H3;2H,1H3;2H2,1H3;2H,1H3;1H2,2H3;1H4;;/q;;;;;;;;;2*-1;;;. The van der Waals surface area contributed by atoms with Crippen LogP contribution in [0.5, 0.6) is 0 Å². The van der Waals surface area contributed by atoms with Gasteiger partial charge in [0.2, 0.25) is 11.7 Å². The summed E-state index contributed by atoms with van der Waals surface area (Å²) >= 11 is 22.0. The van der Waals surface area contributed by atoms with E-state index in [1.807, 2.05) is 42.7 Å². The van der Waals surface area contributed by atoms with Crippen molar-refractivity contribution in [3.8, 4) is 59.2 Å². The Balaban J connectivity index is 0. The fraction of sp³-hybridized carbons (Fsp3) is 0.212. The number of aromatic amines is 2. The summed E-state index contributed by atoms with van der Waals surface area (Å²) in [7, 11) is 5.30. The number of nitrogen functional groups attached to an aromatic ring is 1. The third-order valence-corrected chi connectivity index (χ3v) is 14.0. The average molecular weight is 2550 g/mol. The van der Waals surface area contributed by atoms with Crippen LogP contribution in [0.4, 0.5) is 56.0 Å². The number of anilines is 5. The first kappa shape index (κ1) is 116. The van der Waals surface area contributed by atoms with Gasteiger partial charge in [0.05, 0.1) is 89.4 Å². The van der Waals surface area contributed by atoms with Crippen molar-refractivity contribution in [1.29, 1.82) is 0 Å². The Morgan fingerprint density at radius 1 is 0.561 bits per heavy atom. The fourth-order valence-corrected chi connectivity index (χ4v) is 9.41. The van der Waals surface area contributed by atoms with E-state index in [1.165, 1.54) is 72.5 Å². The summed E-state index contributed by atoms with van der Waals surface area (Å²) in [5.41, 5.74) is 10.8. The van der Waals surface area contributed by atoms with Gasteiger partial charge in [-0.3, -0.25) is 59.3 Å². The van der Waals surface area contributed by atoms with Crippen molar-refractivity contribution >= 4 is 293 Å². The van der Waals surface area contributed by atoms with Crippen LogP contribution in [0, 0.1) is 117 Å². The summed E-state index contributed by atoms with van der Waals surface area (Å²) in [6, 6.07) is 17.7. The van der Waals surface area contributed by atoms with Crippen molar-refractivity contribution in [2.45, 2.75) is 78.0 Å². The Hall–Kier alpha value is -8.73. The molecule has 2 radical (unpaired) electrons. The van der Waals surface area contributed by atoms with E-state index in [0.717, 1.165) is 53.6 Å². The van der Waals surface area contributed by atoms with Crippen molar-refractivity contribution in [1.82, 2.24) is 59.8 Å². The molecule has 6 heterocycles. The van der Waals surface area contributed by atoms with Gasteiger partial charge in [-0.1, -0.05) is 198 Å². The number of amides is 1. The van der Waals surface area contributed by atoms with Gasteiger partial charge in [-0.15, -0.1) is 29.6 Å². The molecular formula is C80H78ClFI7N21O11V2-2. The SMILES string of the molecule is C.C=CC(=O)Nc1cc2c(NC)ncnc2cc1C#CC.CC#Cc1cc2nc[nH]c(=O)c2cc1[N+](=O)[O-].CC#Cc1cc2ncnc(Cl)c2cc1[N+](=O)[O-].CC#Cc1cc2ncnc(NC)c2cc1N.CC#Cc1cc2ncnc(NC)c2cc1[N+](=O)[O-].CC(I)(I)I.CC(I)I.CCI.C[CH-]I.O=c1[nH]cnc2cc(F)c([N+](=O)[O-])cc12.[CH2-]C.[V].[V]. The van der Waals surface area contributed by atoms with Crippen LogP contribution in [0.3, 0.4) is 0 Å². The molecule has 6 aromatic heterocycles. The van der Waals surface area contributed by atoms with Gasteiger partial charge in [-0.05, 0) is 101 Å². The second-order valence-corrected chi connectivity index (χ2v) is 43.7. The normalized spacial score (nSPS) is 9.30. The number of nitro benzene ring substituents is 4. The number of benzene rings is 6. The van der Waals surface area contributed by atoms with Crippen LogP contribution in [0.1, 0.15) is 104 Å². The maximum Gasteiger partial charge on any atom is 0.305 e. The topological polar surface area (TPSA) is 458 Å². The third-order valence-electron chi connectivity index (χ3n) is 13.7. The number of aromatic nitrogens is 12. The summed E-state index contributed by atoms with van der Waals surface area (Å²) in [5.74, 6) is 28.2. The number of halogens is 9. The van der Waals surface area contributed by atoms with E-state index in [1.54, 1.807) is 61.7 Å². The monoisotopic (exact) mass is 2550 g/mol. The van der Waals surface area contributed by atoms with Crippen LogP contribution < -0.4 is 38.1 Å². The quantitative estimate of drug-likeness (QED) is 0.00812. The molecule has 0 aliphatic rings. The number of carbonyl (C=O) groups excluding carboxylic acids is 1. The number of hydrogen-bond donors (Lipinski definition) is 7. The summed E-state index contributed by atoms with van der Waals surface area (Å²) in [6.07, 6.45) is 9.29. The smallest absolute Gasteiger partial charge is 0.305 e. The van der Waals surface area contributed by atoms with Crippen molar-refractivity contribution in [2.24, 2.45) is 0 Å². The van der Waals surface area contributed by atoms with Crippen molar-refractivity contribution in [3.63, 3.8) is 0 Å². The zero-order chi connectivity index (χ0) is 90.5. The van der Waals surface area contributed by atoms with E-state index in [4.69, 9.17) is 17.3 Å².